The molecule has 0 unspecified atom stereocenters. The molecule has 0 aliphatic heterocycles. The molecule has 1 aromatic carbocycles. The molecule has 4 aliphatic carbocycles. The maximum atomic E-state index is 14.0. The number of allylic oxidation sites excluding steroid dienone is 1. The van der Waals surface area contributed by atoms with Crippen LogP contribution in [0.4, 0.5) is 0 Å². The van der Waals surface area contributed by atoms with E-state index in [1.165, 1.54) is 19.6 Å². The van der Waals surface area contributed by atoms with Gasteiger partial charge in [0.25, 0.3) is 0 Å². The number of hydrogen-bond acceptors (Lipinski definition) is 9. The largest absolute Gasteiger partial charge is 0.467 e. The van der Waals surface area contributed by atoms with Gasteiger partial charge in [-0.3, -0.25) is 24.0 Å². The van der Waals surface area contributed by atoms with Crippen LogP contribution in [0.2, 0.25) is 0 Å². The van der Waals surface area contributed by atoms with Crippen molar-refractivity contribution in [1.29, 1.82) is 0 Å². The monoisotopic (exact) mass is 635 g/mol. The van der Waals surface area contributed by atoms with E-state index < -0.39 is 53.3 Å². The maximum Gasteiger partial charge on any atom is 0.333 e. The van der Waals surface area contributed by atoms with Gasteiger partial charge in [0, 0.05) is 25.2 Å². The molecule has 0 aromatic heterocycles. The van der Waals surface area contributed by atoms with Gasteiger partial charge >= 0.3 is 17.9 Å². The van der Waals surface area contributed by atoms with Crippen molar-refractivity contribution >= 4 is 35.4 Å². The molecule has 4 aliphatic rings. The molecule has 1 amide bonds. The number of carbonyl (C=O) groups excluding carboxylic acids is 6. The lowest BCUT2D eigenvalue weighted by atomic mass is 9.46. The fourth-order valence-corrected chi connectivity index (χ4v) is 9.31. The normalized spacial score (nSPS) is 32.0. The maximum absolute atomic E-state index is 14.0. The van der Waals surface area contributed by atoms with Crippen LogP contribution in [0.15, 0.2) is 42.0 Å². The Morgan fingerprint density at radius 1 is 0.935 bits per heavy atom. The third-order valence-electron chi connectivity index (χ3n) is 11.6. The zero-order chi connectivity index (χ0) is 33.3. The van der Waals surface area contributed by atoms with Gasteiger partial charge in [-0.2, -0.15) is 0 Å². The molecule has 0 bridgehead atoms. The smallest absolute Gasteiger partial charge is 0.333 e. The van der Waals surface area contributed by atoms with Crippen LogP contribution in [0.1, 0.15) is 96.6 Å². The number of esters is 3. The first kappa shape index (κ1) is 33.5. The van der Waals surface area contributed by atoms with Gasteiger partial charge in [0.15, 0.2) is 24.0 Å². The molecule has 3 fully saturated rings. The molecule has 3 saturated carbocycles. The van der Waals surface area contributed by atoms with Gasteiger partial charge in [-0.1, -0.05) is 49.8 Å². The predicted molar refractivity (Wildman–Crippen MR) is 166 cm³/mol. The summed E-state index contributed by atoms with van der Waals surface area (Å²) >= 11 is 0. The van der Waals surface area contributed by atoms with E-state index in [-0.39, 0.29) is 30.0 Å². The van der Waals surface area contributed by atoms with E-state index in [9.17, 15) is 28.8 Å². The van der Waals surface area contributed by atoms with Crippen LogP contribution in [0.5, 0.6) is 0 Å². The number of nitrogens with one attached hydrogen (secondary N) is 1. The first-order valence-electron chi connectivity index (χ1n) is 16.4. The highest BCUT2D eigenvalue weighted by molar-refractivity contribution is 5.94. The Hall–Kier alpha value is -3.82. The number of ether oxygens (including phenoxy) is 3. The molecule has 1 N–H and O–H groups in total. The third-order valence-corrected chi connectivity index (χ3v) is 11.6. The summed E-state index contributed by atoms with van der Waals surface area (Å²) in [4.78, 5) is 76.2. The minimum atomic E-state index is -1.41. The van der Waals surface area contributed by atoms with E-state index in [1.807, 2.05) is 6.08 Å². The Bertz CT molecular complexity index is 1440. The van der Waals surface area contributed by atoms with Crippen molar-refractivity contribution < 1.29 is 43.0 Å². The molecule has 0 radical (unpaired) electrons. The zero-order valence-corrected chi connectivity index (χ0v) is 27.2. The summed E-state index contributed by atoms with van der Waals surface area (Å²) in [7, 11) is 1.22. The zero-order valence-electron chi connectivity index (χ0n) is 27.2. The summed E-state index contributed by atoms with van der Waals surface area (Å²) < 4.78 is 16.2. The van der Waals surface area contributed by atoms with Gasteiger partial charge in [0.2, 0.25) is 11.7 Å². The van der Waals surface area contributed by atoms with Crippen molar-refractivity contribution in [2.24, 2.45) is 28.6 Å². The van der Waals surface area contributed by atoms with Crippen LogP contribution in [0.3, 0.4) is 0 Å². The predicted octanol–water partition coefficient (Wildman–Crippen LogP) is 4.74. The van der Waals surface area contributed by atoms with Crippen molar-refractivity contribution in [1.82, 2.24) is 5.32 Å². The van der Waals surface area contributed by atoms with Crippen molar-refractivity contribution in [2.45, 2.75) is 96.6 Å². The second-order valence-corrected chi connectivity index (χ2v) is 13.9. The molecule has 0 spiro atoms. The highest BCUT2D eigenvalue weighted by Crippen LogP contribution is 2.68. The van der Waals surface area contributed by atoms with Crippen LogP contribution >= 0.6 is 0 Å². The number of Topliss-reactive ketones (excluding diaryl/α,β-unsaturated/α-hetero) is 1. The first-order chi connectivity index (χ1) is 21.8. The third kappa shape index (κ3) is 6.02. The number of fused-ring (bicyclic) bond motifs is 5. The molecule has 0 saturated heterocycles. The molecular weight excluding hydrogens is 590 g/mol. The first-order valence-corrected chi connectivity index (χ1v) is 16.4. The molecule has 7 atom stereocenters. The average molecular weight is 636 g/mol. The van der Waals surface area contributed by atoms with Gasteiger partial charge in [-0.25, -0.2) is 4.79 Å². The van der Waals surface area contributed by atoms with Crippen LogP contribution in [-0.4, -0.2) is 54.7 Å². The van der Waals surface area contributed by atoms with Crippen molar-refractivity contribution in [3.05, 3.63) is 47.5 Å². The van der Waals surface area contributed by atoms with Gasteiger partial charge in [0.1, 0.15) is 0 Å². The topological polar surface area (TPSA) is 142 Å². The number of hydrogen-bond donors (Lipinski definition) is 1. The Balaban J connectivity index is 1.23. The number of rotatable bonds is 10. The Morgan fingerprint density at radius 3 is 2.35 bits per heavy atom. The second kappa shape index (κ2) is 13.1. The summed E-state index contributed by atoms with van der Waals surface area (Å²) in [6, 6.07) is 7.58. The average Bonchev–Trinajstić information content (AvgIpc) is 3.34. The van der Waals surface area contributed by atoms with Crippen LogP contribution in [-0.2, 0) is 43.0 Å². The number of ketones is 2. The van der Waals surface area contributed by atoms with E-state index in [0.717, 1.165) is 32.1 Å². The van der Waals surface area contributed by atoms with E-state index in [2.05, 4.69) is 19.2 Å². The number of methoxy groups -OCH3 is 1. The van der Waals surface area contributed by atoms with Crippen LogP contribution < -0.4 is 5.32 Å². The number of carbonyl (C=O) groups is 6. The molecular formula is C36H45NO9. The van der Waals surface area contributed by atoms with Gasteiger partial charge < -0.3 is 19.5 Å². The Kier molecular flexibility index (Phi) is 9.57. The standard InChI is InChI=1S/C36H45NO9/c1-22(38)46-36(19-16-28-26-11-10-24-20-25(39)14-17-34(24,2)27(26)15-18-35(28,36)3)29(40)21-45-31(42)13-12-30(41)37-32(33(43)44-4)23-8-6-5-7-9-23/h5-9,20,26-28,32H,10-19,21H2,1-4H3,(H,37,41)/t26-,27-,28+,32+,34-,35-,36-/m0/s1. The quantitative estimate of drug-likeness (QED) is 0.285. The summed E-state index contributed by atoms with van der Waals surface area (Å²) in [5.41, 5.74) is -0.262. The molecule has 46 heavy (non-hydrogen) atoms. The fraction of sp³-hybridized carbons (Fsp3) is 0.611. The van der Waals surface area contributed by atoms with Crippen LogP contribution in [0.25, 0.3) is 0 Å². The molecule has 10 nitrogen and oxygen atoms in total. The van der Waals surface area contributed by atoms with Crippen LogP contribution in [0, 0.1) is 28.6 Å². The summed E-state index contributed by atoms with van der Waals surface area (Å²) in [6.07, 6.45) is 7.15. The molecule has 248 valence electrons. The fourth-order valence-electron chi connectivity index (χ4n) is 9.31. The minimum absolute atomic E-state index is 0.0331. The van der Waals surface area contributed by atoms with E-state index in [4.69, 9.17) is 14.2 Å². The summed E-state index contributed by atoms with van der Waals surface area (Å²) in [5.74, 6) is -1.84. The SMILES string of the molecule is COC(=O)[C@H](NC(=O)CCC(=O)OCC(=O)[C@@]1(OC(C)=O)CC[C@@H]2[C@H]3CCC4=CC(=O)CC[C@]4(C)[C@H]3CC[C@@]21C)c1ccccc1. The Morgan fingerprint density at radius 2 is 1.65 bits per heavy atom. The second-order valence-electron chi connectivity index (χ2n) is 13.9. The number of benzene rings is 1. The molecule has 5 rings (SSSR count). The van der Waals surface area contributed by atoms with Crippen molar-refractivity contribution in [3.8, 4) is 0 Å². The minimum Gasteiger partial charge on any atom is -0.467 e. The van der Waals surface area contributed by atoms with Gasteiger partial charge in [0.05, 0.1) is 13.5 Å². The van der Waals surface area contributed by atoms with E-state index in [1.54, 1.807) is 30.3 Å². The summed E-state index contributed by atoms with van der Waals surface area (Å²) in [5, 5.41) is 2.59. The lowest BCUT2D eigenvalue weighted by Crippen LogP contribution is -2.59. The van der Waals surface area contributed by atoms with Gasteiger partial charge in [-0.15, -0.1) is 0 Å². The van der Waals surface area contributed by atoms with E-state index in [0.29, 0.717) is 36.7 Å². The highest BCUT2D eigenvalue weighted by Gasteiger charge is 2.68. The van der Waals surface area contributed by atoms with Gasteiger partial charge in [-0.05, 0) is 79.8 Å². The summed E-state index contributed by atoms with van der Waals surface area (Å²) in [6.45, 7) is 5.08. The lowest BCUT2D eigenvalue weighted by Gasteiger charge is -2.59. The lowest BCUT2D eigenvalue weighted by molar-refractivity contribution is -0.191. The van der Waals surface area contributed by atoms with Crippen molar-refractivity contribution in [2.75, 3.05) is 13.7 Å². The Labute approximate surface area is 270 Å². The molecule has 0 heterocycles. The highest BCUT2D eigenvalue weighted by atomic mass is 16.6. The number of amides is 1. The van der Waals surface area contributed by atoms with Crippen molar-refractivity contribution in [3.63, 3.8) is 0 Å². The molecule has 10 heteroatoms. The van der Waals surface area contributed by atoms with E-state index >= 15 is 0 Å². The molecule has 1 aromatic rings.